The van der Waals surface area contributed by atoms with Crippen LogP contribution in [0.25, 0.3) is 0 Å². The second-order valence-corrected chi connectivity index (χ2v) is 4.46. The third-order valence-corrected chi connectivity index (χ3v) is 1.81. The summed E-state index contributed by atoms with van der Waals surface area (Å²) in [6, 6.07) is 0.277. The van der Waals surface area contributed by atoms with Crippen molar-refractivity contribution in [3.63, 3.8) is 0 Å². The van der Waals surface area contributed by atoms with E-state index in [0.717, 1.165) is 5.70 Å². The number of nitrogens with zero attached hydrogens (tertiary/aromatic N) is 2. The van der Waals surface area contributed by atoms with Gasteiger partial charge in [-0.15, -0.1) is 0 Å². The molecule has 0 fully saturated rings. The molecule has 0 radical (unpaired) electrons. The average molecular weight is 183 g/mol. The molecule has 0 saturated carbocycles. The summed E-state index contributed by atoms with van der Waals surface area (Å²) in [4.78, 5) is 3.97. The number of nitrogens with two attached hydrogens (primary N) is 1. The summed E-state index contributed by atoms with van der Waals surface area (Å²) in [5.41, 5.74) is 0.901. The Kier molecular flexibility index (Phi) is 4.14. The Morgan fingerprint density at radius 1 is 1.46 bits per heavy atom. The predicted molar refractivity (Wildman–Crippen MR) is 58.2 cm³/mol. The fourth-order valence-corrected chi connectivity index (χ4v) is 0.762. The Labute approximate surface area is 81.3 Å². The van der Waals surface area contributed by atoms with Crippen molar-refractivity contribution in [2.45, 2.75) is 40.7 Å². The summed E-state index contributed by atoms with van der Waals surface area (Å²) in [5.74, 6) is 5.76. The van der Waals surface area contributed by atoms with Gasteiger partial charge in [0.15, 0.2) is 0 Å². The highest BCUT2D eigenvalue weighted by molar-refractivity contribution is 5.30. The Bertz CT molecular complexity index is 199. The molecule has 0 aromatic carbocycles. The lowest BCUT2D eigenvalue weighted by molar-refractivity contribution is 0.312. The van der Waals surface area contributed by atoms with Crippen molar-refractivity contribution < 1.29 is 0 Å². The zero-order valence-electron chi connectivity index (χ0n) is 9.33. The van der Waals surface area contributed by atoms with E-state index in [9.17, 15) is 0 Å². The summed E-state index contributed by atoms with van der Waals surface area (Å²) >= 11 is 0. The van der Waals surface area contributed by atoms with E-state index in [1.165, 1.54) is 0 Å². The van der Waals surface area contributed by atoms with E-state index in [1.54, 1.807) is 5.01 Å². The first-order valence-electron chi connectivity index (χ1n) is 4.51. The van der Waals surface area contributed by atoms with Crippen LogP contribution in [0.1, 0.15) is 34.6 Å². The molecule has 0 heterocycles. The van der Waals surface area contributed by atoms with E-state index >= 15 is 0 Å². The van der Waals surface area contributed by atoms with Gasteiger partial charge in [0.2, 0.25) is 0 Å². The first-order chi connectivity index (χ1) is 5.79. The molecule has 0 saturated heterocycles. The van der Waals surface area contributed by atoms with Crippen LogP contribution in [0.15, 0.2) is 16.9 Å². The van der Waals surface area contributed by atoms with Crippen molar-refractivity contribution in [3.05, 3.63) is 11.9 Å². The van der Waals surface area contributed by atoms with E-state index in [2.05, 4.69) is 32.5 Å². The summed E-state index contributed by atoms with van der Waals surface area (Å²) < 4.78 is 0. The van der Waals surface area contributed by atoms with E-state index in [0.29, 0.717) is 0 Å². The molecule has 0 aliphatic rings. The lowest BCUT2D eigenvalue weighted by Gasteiger charge is -2.24. The van der Waals surface area contributed by atoms with Crippen molar-refractivity contribution in [3.8, 4) is 0 Å². The molecule has 13 heavy (non-hydrogen) atoms. The molecule has 3 nitrogen and oxygen atoms in total. The monoisotopic (exact) mass is 183 g/mol. The molecule has 0 atom stereocenters. The molecule has 0 unspecified atom stereocenters. The van der Waals surface area contributed by atoms with Crippen LogP contribution in [-0.4, -0.2) is 17.8 Å². The molecule has 3 heteroatoms. The highest BCUT2D eigenvalue weighted by Gasteiger charge is 2.16. The van der Waals surface area contributed by atoms with Crippen LogP contribution < -0.4 is 5.84 Å². The third kappa shape index (κ3) is 4.08. The van der Waals surface area contributed by atoms with Crippen LogP contribution in [0.3, 0.4) is 0 Å². The van der Waals surface area contributed by atoms with E-state index in [4.69, 9.17) is 5.84 Å². The van der Waals surface area contributed by atoms with Crippen LogP contribution in [0.4, 0.5) is 0 Å². The zero-order valence-corrected chi connectivity index (χ0v) is 9.33. The van der Waals surface area contributed by atoms with Gasteiger partial charge in [-0.05, 0) is 20.6 Å². The standard InChI is InChI=1S/C10H21N3/c1-8(2)13(11)7-9(12-6)10(3,4)5/h7-8H,6,11H2,1-5H3/b9-7-. The van der Waals surface area contributed by atoms with Gasteiger partial charge in [0.1, 0.15) is 0 Å². The topological polar surface area (TPSA) is 41.6 Å². The maximum absolute atomic E-state index is 5.76. The molecule has 0 amide bonds. The van der Waals surface area contributed by atoms with Gasteiger partial charge in [-0.3, -0.25) is 4.99 Å². The third-order valence-electron chi connectivity index (χ3n) is 1.81. The van der Waals surface area contributed by atoms with Crippen molar-refractivity contribution in [1.82, 2.24) is 5.01 Å². The first kappa shape index (κ1) is 12.2. The van der Waals surface area contributed by atoms with Crippen molar-refractivity contribution in [2.75, 3.05) is 0 Å². The van der Waals surface area contributed by atoms with Crippen LogP contribution in [-0.2, 0) is 0 Å². The van der Waals surface area contributed by atoms with E-state index < -0.39 is 0 Å². The van der Waals surface area contributed by atoms with Crippen LogP contribution in [0.2, 0.25) is 0 Å². The summed E-state index contributed by atoms with van der Waals surface area (Å²) in [6.07, 6.45) is 1.84. The van der Waals surface area contributed by atoms with Crippen molar-refractivity contribution in [2.24, 2.45) is 16.3 Å². The summed E-state index contributed by atoms with van der Waals surface area (Å²) in [6.45, 7) is 13.8. The number of rotatable bonds is 3. The molecule has 0 aromatic rings. The minimum Gasteiger partial charge on any atom is -0.314 e. The predicted octanol–water partition coefficient (Wildman–Crippen LogP) is 2.16. The number of hydrogen-bond donors (Lipinski definition) is 1. The van der Waals surface area contributed by atoms with Gasteiger partial charge in [0, 0.05) is 17.7 Å². The number of allylic oxidation sites excluding steroid dienone is 1. The lowest BCUT2D eigenvalue weighted by atomic mass is 9.93. The van der Waals surface area contributed by atoms with E-state index in [-0.39, 0.29) is 11.5 Å². The van der Waals surface area contributed by atoms with Crippen LogP contribution in [0, 0.1) is 5.41 Å². The Morgan fingerprint density at radius 2 is 1.92 bits per heavy atom. The summed E-state index contributed by atoms with van der Waals surface area (Å²) in [7, 11) is 0. The zero-order chi connectivity index (χ0) is 10.6. The second kappa shape index (κ2) is 4.42. The molecule has 0 aliphatic heterocycles. The van der Waals surface area contributed by atoms with Gasteiger partial charge >= 0.3 is 0 Å². The molecule has 0 aromatic heterocycles. The fourth-order valence-electron chi connectivity index (χ4n) is 0.762. The van der Waals surface area contributed by atoms with Gasteiger partial charge in [-0.1, -0.05) is 20.8 Å². The minimum absolute atomic E-state index is 0.00569. The van der Waals surface area contributed by atoms with Gasteiger partial charge in [0.05, 0.1) is 5.70 Å². The van der Waals surface area contributed by atoms with Gasteiger partial charge < -0.3 is 5.01 Å². The molecular formula is C10H21N3. The average Bonchev–Trinajstić information content (AvgIpc) is 1.96. The molecule has 76 valence electrons. The lowest BCUT2D eigenvalue weighted by Crippen LogP contribution is -2.33. The fraction of sp³-hybridized carbons (Fsp3) is 0.700. The second-order valence-electron chi connectivity index (χ2n) is 4.46. The Balaban J connectivity index is 4.67. The first-order valence-corrected chi connectivity index (χ1v) is 4.51. The Hall–Kier alpha value is -0.830. The van der Waals surface area contributed by atoms with Crippen molar-refractivity contribution >= 4 is 6.72 Å². The molecule has 0 rings (SSSR count). The van der Waals surface area contributed by atoms with Crippen LogP contribution >= 0.6 is 0 Å². The minimum atomic E-state index is -0.00569. The number of aliphatic imine (C=N–C) groups is 1. The molecule has 0 spiro atoms. The highest BCUT2D eigenvalue weighted by atomic mass is 15.4. The van der Waals surface area contributed by atoms with Crippen molar-refractivity contribution in [1.29, 1.82) is 0 Å². The normalized spacial score (nSPS) is 13.3. The van der Waals surface area contributed by atoms with E-state index in [1.807, 2.05) is 20.0 Å². The molecule has 2 N–H and O–H groups in total. The van der Waals surface area contributed by atoms with Crippen LogP contribution in [0.5, 0.6) is 0 Å². The van der Waals surface area contributed by atoms with Gasteiger partial charge in [-0.2, -0.15) is 0 Å². The largest absolute Gasteiger partial charge is 0.314 e. The quantitative estimate of drug-likeness (QED) is 0.414. The molecule has 0 aliphatic carbocycles. The summed E-state index contributed by atoms with van der Waals surface area (Å²) in [5, 5.41) is 1.65. The maximum Gasteiger partial charge on any atom is 0.0622 e. The number of hydrazine groups is 1. The van der Waals surface area contributed by atoms with Gasteiger partial charge in [-0.25, -0.2) is 5.84 Å². The molecular weight excluding hydrogens is 162 g/mol. The van der Waals surface area contributed by atoms with Gasteiger partial charge in [0.25, 0.3) is 0 Å². The highest BCUT2D eigenvalue weighted by Crippen LogP contribution is 2.25. The maximum atomic E-state index is 5.76. The Morgan fingerprint density at radius 3 is 2.15 bits per heavy atom. The number of hydrogen-bond acceptors (Lipinski definition) is 3. The smallest absolute Gasteiger partial charge is 0.0622 e. The molecule has 0 bridgehead atoms. The SMILES string of the molecule is C=N/C(=C\N(N)C(C)C)C(C)(C)C.